The summed E-state index contributed by atoms with van der Waals surface area (Å²) in [7, 11) is 0. The van der Waals surface area contributed by atoms with Gasteiger partial charge in [-0.25, -0.2) is 4.98 Å². The Labute approximate surface area is 120 Å². The molecule has 1 saturated heterocycles. The van der Waals surface area contributed by atoms with Gasteiger partial charge in [0.15, 0.2) is 0 Å². The Kier molecular flexibility index (Phi) is 3.17. The van der Waals surface area contributed by atoms with Crippen LogP contribution in [0.4, 0.5) is 5.82 Å². The lowest BCUT2D eigenvalue weighted by atomic mass is 9.90. The minimum atomic E-state index is -0.748. The first-order chi connectivity index (χ1) is 9.58. The third-order valence-electron chi connectivity index (χ3n) is 3.71. The van der Waals surface area contributed by atoms with Crippen molar-refractivity contribution in [2.75, 3.05) is 18.0 Å². The molecule has 3 heterocycles. The molecule has 1 atom stereocenters. The molecule has 1 aliphatic rings. The fourth-order valence-electron chi connectivity index (χ4n) is 2.38. The third-order valence-corrected chi connectivity index (χ3v) is 4.60. The zero-order chi connectivity index (χ0) is 14.2. The molecular formula is C14H15N3O2S. The van der Waals surface area contributed by atoms with Crippen molar-refractivity contribution in [3.05, 3.63) is 29.9 Å². The van der Waals surface area contributed by atoms with E-state index in [1.165, 1.54) is 0 Å². The van der Waals surface area contributed by atoms with E-state index in [1.54, 1.807) is 30.7 Å². The molecule has 1 unspecified atom stereocenters. The Hall–Kier alpha value is -1.95. The molecule has 0 amide bonds. The number of carboxylic acid groups (broad SMARTS) is 1. The summed E-state index contributed by atoms with van der Waals surface area (Å²) >= 11 is 1.62. The Morgan fingerprint density at radius 3 is 3.00 bits per heavy atom. The second-order valence-corrected chi connectivity index (χ2v) is 6.22. The molecule has 2 aromatic rings. The SMILES string of the molecule is CC1(C(=O)O)CCN(c2cncc(-c3cccs3)n2)C1. The van der Waals surface area contributed by atoms with Crippen LogP contribution in [0.25, 0.3) is 10.6 Å². The van der Waals surface area contributed by atoms with Crippen LogP contribution in [-0.2, 0) is 4.79 Å². The summed E-state index contributed by atoms with van der Waals surface area (Å²) < 4.78 is 0. The summed E-state index contributed by atoms with van der Waals surface area (Å²) in [4.78, 5) is 23.2. The lowest BCUT2D eigenvalue weighted by Gasteiger charge is -2.20. The molecule has 20 heavy (non-hydrogen) atoms. The topological polar surface area (TPSA) is 66.3 Å². The number of thiophene rings is 1. The zero-order valence-electron chi connectivity index (χ0n) is 11.1. The van der Waals surface area contributed by atoms with E-state index in [-0.39, 0.29) is 0 Å². The number of carboxylic acids is 1. The van der Waals surface area contributed by atoms with Gasteiger partial charge in [-0.05, 0) is 24.8 Å². The van der Waals surface area contributed by atoms with E-state index >= 15 is 0 Å². The highest BCUT2D eigenvalue weighted by Crippen LogP contribution is 2.33. The van der Waals surface area contributed by atoms with Crippen molar-refractivity contribution in [3.63, 3.8) is 0 Å². The summed E-state index contributed by atoms with van der Waals surface area (Å²) in [6.07, 6.45) is 4.07. The average molecular weight is 289 g/mol. The average Bonchev–Trinajstić information content (AvgIpc) is 3.09. The number of carbonyl (C=O) groups is 1. The van der Waals surface area contributed by atoms with E-state index < -0.39 is 11.4 Å². The van der Waals surface area contributed by atoms with Crippen LogP contribution in [0.3, 0.4) is 0 Å². The lowest BCUT2D eigenvalue weighted by molar-refractivity contribution is -0.146. The molecule has 0 aliphatic carbocycles. The van der Waals surface area contributed by atoms with Gasteiger partial charge < -0.3 is 10.0 Å². The maximum atomic E-state index is 11.3. The van der Waals surface area contributed by atoms with Gasteiger partial charge >= 0.3 is 5.97 Å². The van der Waals surface area contributed by atoms with Gasteiger partial charge in [-0.3, -0.25) is 9.78 Å². The minimum absolute atomic E-state index is 0.477. The van der Waals surface area contributed by atoms with E-state index in [0.717, 1.165) is 16.4 Å². The molecule has 3 rings (SSSR count). The molecule has 0 radical (unpaired) electrons. The van der Waals surface area contributed by atoms with Crippen LogP contribution in [0.1, 0.15) is 13.3 Å². The highest BCUT2D eigenvalue weighted by Gasteiger charge is 2.41. The molecule has 104 valence electrons. The van der Waals surface area contributed by atoms with E-state index in [2.05, 4.69) is 9.97 Å². The maximum absolute atomic E-state index is 11.3. The molecule has 5 nitrogen and oxygen atoms in total. The normalized spacial score (nSPS) is 22.1. The van der Waals surface area contributed by atoms with Crippen LogP contribution >= 0.6 is 11.3 Å². The molecule has 1 fully saturated rings. The first kappa shape index (κ1) is 13.1. The molecule has 1 aliphatic heterocycles. The largest absolute Gasteiger partial charge is 0.481 e. The number of hydrogen-bond donors (Lipinski definition) is 1. The molecule has 0 spiro atoms. The third kappa shape index (κ3) is 2.27. The second kappa shape index (κ2) is 4.86. The minimum Gasteiger partial charge on any atom is -0.481 e. The van der Waals surface area contributed by atoms with Crippen LogP contribution in [0.2, 0.25) is 0 Å². The van der Waals surface area contributed by atoms with E-state index in [4.69, 9.17) is 0 Å². The van der Waals surface area contributed by atoms with Crippen LogP contribution in [-0.4, -0.2) is 34.1 Å². The maximum Gasteiger partial charge on any atom is 0.311 e. The smallest absolute Gasteiger partial charge is 0.311 e. The highest BCUT2D eigenvalue weighted by atomic mass is 32.1. The zero-order valence-corrected chi connectivity index (χ0v) is 11.9. The predicted molar refractivity (Wildman–Crippen MR) is 77.9 cm³/mol. The Morgan fingerprint density at radius 2 is 2.35 bits per heavy atom. The van der Waals surface area contributed by atoms with Crippen molar-refractivity contribution in [2.24, 2.45) is 5.41 Å². The van der Waals surface area contributed by atoms with Crippen LogP contribution in [0.5, 0.6) is 0 Å². The number of aliphatic carboxylic acids is 1. The van der Waals surface area contributed by atoms with Gasteiger partial charge in [0.1, 0.15) is 11.5 Å². The van der Waals surface area contributed by atoms with Crippen molar-refractivity contribution in [3.8, 4) is 10.6 Å². The first-order valence-corrected chi connectivity index (χ1v) is 7.31. The van der Waals surface area contributed by atoms with Gasteiger partial charge in [-0.2, -0.15) is 0 Å². The fourth-order valence-corrected chi connectivity index (χ4v) is 3.06. The Balaban J connectivity index is 1.86. The Morgan fingerprint density at radius 1 is 1.50 bits per heavy atom. The van der Waals surface area contributed by atoms with Gasteiger partial charge in [0.25, 0.3) is 0 Å². The molecule has 0 aromatic carbocycles. The van der Waals surface area contributed by atoms with Crippen molar-refractivity contribution in [1.29, 1.82) is 0 Å². The molecule has 2 aromatic heterocycles. The van der Waals surface area contributed by atoms with Crippen LogP contribution in [0.15, 0.2) is 29.9 Å². The quantitative estimate of drug-likeness (QED) is 0.940. The van der Waals surface area contributed by atoms with Crippen LogP contribution < -0.4 is 4.90 Å². The molecule has 0 bridgehead atoms. The van der Waals surface area contributed by atoms with Gasteiger partial charge in [-0.1, -0.05) is 6.07 Å². The van der Waals surface area contributed by atoms with Crippen LogP contribution in [0, 0.1) is 5.41 Å². The molecule has 1 N–H and O–H groups in total. The van der Waals surface area contributed by atoms with E-state index in [1.807, 2.05) is 22.4 Å². The predicted octanol–water partition coefficient (Wildman–Crippen LogP) is 2.51. The van der Waals surface area contributed by atoms with Crippen molar-refractivity contribution >= 4 is 23.1 Å². The first-order valence-electron chi connectivity index (χ1n) is 6.43. The van der Waals surface area contributed by atoms with Crippen molar-refractivity contribution in [1.82, 2.24) is 9.97 Å². The van der Waals surface area contributed by atoms with Gasteiger partial charge in [0, 0.05) is 13.1 Å². The number of nitrogens with zero attached hydrogens (tertiary/aromatic N) is 3. The van der Waals surface area contributed by atoms with E-state index in [0.29, 0.717) is 19.5 Å². The number of anilines is 1. The summed E-state index contributed by atoms with van der Waals surface area (Å²) in [6, 6.07) is 3.98. The second-order valence-electron chi connectivity index (χ2n) is 5.28. The van der Waals surface area contributed by atoms with Gasteiger partial charge in [0.2, 0.25) is 0 Å². The number of rotatable bonds is 3. The number of aromatic nitrogens is 2. The fraction of sp³-hybridized carbons (Fsp3) is 0.357. The Bertz CT molecular complexity index is 629. The summed E-state index contributed by atoms with van der Waals surface area (Å²) in [5.74, 6) is 0.00301. The summed E-state index contributed by atoms with van der Waals surface area (Å²) in [6.45, 7) is 2.96. The van der Waals surface area contributed by atoms with Crippen molar-refractivity contribution < 1.29 is 9.90 Å². The van der Waals surface area contributed by atoms with Gasteiger partial charge in [0.05, 0.1) is 22.7 Å². The lowest BCUT2D eigenvalue weighted by Crippen LogP contribution is -2.32. The number of hydrogen-bond acceptors (Lipinski definition) is 5. The highest BCUT2D eigenvalue weighted by molar-refractivity contribution is 7.13. The standard InChI is InChI=1S/C14H15N3O2S/c1-14(13(18)19)4-5-17(9-14)12-8-15-7-10(16-12)11-3-2-6-20-11/h2-3,6-8H,4-5,9H2,1H3,(H,18,19). The summed E-state index contributed by atoms with van der Waals surface area (Å²) in [5.41, 5.74) is 0.141. The molecular weight excluding hydrogens is 274 g/mol. The summed E-state index contributed by atoms with van der Waals surface area (Å²) in [5, 5.41) is 11.3. The monoisotopic (exact) mass is 289 g/mol. The van der Waals surface area contributed by atoms with E-state index in [9.17, 15) is 9.90 Å². The van der Waals surface area contributed by atoms with Crippen molar-refractivity contribution in [2.45, 2.75) is 13.3 Å². The molecule has 0 saturated carbocycles. The molecule has 6 heteroatoms. The van der Waals surface area contributed by atoms with Gasteiger partial charge in [-0.15, -0.1) is 11.3 Å².